The maximum atomic E-state index is 13.5. The summed E-state index contributed by atoms with van der Waals surface area (Å²) >= 11 is 0. The van der Waals surface area contributed by atoms with Gasteiger partial charge >= 0.3 is 6.18 Å². The molecule has 2 atom stereocenters. The fourth-order valence-electron chi connectivity index (χ4n) is 4.02. The van der Waals surface area contributed by atoms with Crippen LogP contribution in [0.5, 0.6) is 5.88 Å². The van der Waals surface area contributed by atoms with Crippen molar-refractivity contribution >= 4 is 16.0 Å². The van der Waals surface area contributed by atoms with Crippen LogP contribution in [0.1, 0.15) is 31.7 Å². The first-order valence-corrected chi connectivity index (χ1v) is 12.5. The summed E-state index contributed by atoms with van der Waals surface area (Å²) < 4.78 is 79.6. The number of anilines is 1. The zero-order chi connectivity index (χ0) is 25.4. The van der Waals surface area contributed by atoms with E-state index in [-0.39, 0.29) is 49.6 Å². The van der Waals surface area contributed by atoms with Crippen molar-refractivity contribution in [2.24, 2.45) is 7.05 Å². The average molecular weight is 521 g/mol. The number of rotatable bonds is 6. The van der Waals surface area contributed by atoms with Crippen molar-refractivity contribution < 1.29 is 36.2 Å². The molecule has 0 aliphatic carbocycles. The Labute approximate surface area is 200 Å². The summed E-state index contributed by atoms with van der Waals surface area (Å²) in [7, 11) is -2.06. The van der Waals surface area contributed by atoms with Crippen LogP contribution in [0.3, 0.4) is 0 Å². The maximum Gasteiger partial charge on any atom is 0.423 e. The van der Waals surface area contributed by atoms with E-state index in [0.717, 1.165) is 0 Å². The highest BCUT2D eigenvalue weighted by molar-refractivity contribution is 7.89. The number of aryl methyl sites for hydroxylation is 1. The molecule has 4 rings (SSSR count). The van der Waals surface area contributed by atoms with E-state index in [2.05, 4.69) is 20.4 Å². The van der Waals surface area contributed by atoms with Gasteiger partial charge in [-0.3, -0.25) is 4.68 Å². The van der Waals surface area contributed by atoms with Crippen LogP contribution >= 0.6 is 0 Å². The second-order valence-corrected chi connectivity index (χ2v) is 10.8. The number of alkyl halides is 3. The maximum absolute atomic E-state index is 13.5. The highest BCUT2D eigenvalue weighted by Crippen LogP contribution is 2.37. The number of hydrogen-bond donors (Lipinski definition) is 2. The lowest BCUT2D eigenvalue weighted by Crippen LogP contribution is -2.51. The summed E-state index contributed by atoms with van der Waals surface area (Å²) in [5.41, 5.74) is -2.63. The van der Waals surface area contributed by atoms with Gasteiger partial charge < -0.3 is 19.9 Å². The number of sulfonamides is 1. The number of nitrogens with one attached hydrogen (secondary N) is 1. The molecule has 2 aliphatic heterocycles. The van der Waals surface area contributed by atoms with Crippen LogP contribution < -0.4 is 10.1 Å². The highest BCUT2D eigenvalue weighted by atomic mass is 32.2. The van der Waals surface area contributed by atoms with Crippen molar-refractivity contribution in [3.8, 4) is 5.88 Å². The smallest absolute Gasteiger partial charge is 0.423 e. The van der Waals surface area contributed by atoms with Crippen LogP contribution in [0.15, 0.2) is 23.5 Å². The standard InChI is InChI=1S/C20H27F3N6O5S/c1-19(30)12-33-8-5-16(19)34-17-15(20(21,22)23)10-24-18(27-17)26-13-3-6-29(7-4-13)35(31,32)14-9-25-28(2)11-14/h9-11,13,16,30H,3-8,12H2,1-2H3,(H,24,26,27)/t16-,19+/m1/s1. The number of nitrogens with zero attached hydrogens (tertiary/aromatic N) is 5. The molecule has 0 radical (unpaired) electrons. The molecule has 2 fully saturated rings. The van der Waals surface area contributed by atoms with Crippen molar-refractivity contribution in [3.05, 3.63) is 24.2 Å². The van der Waals surface area contributed by atoms with Gasteiger partial charge in [-0.1, -0.05) is 0 Å². The molecule has 2 aromatic heterocycles. The molecule has 0 spiro atoms. The molecule has 0 amide bonds. The lowest BCUT2D eigenvalue weighted by molar-refractivity contribution is -0.152. The van der Waals surface area contributed by atoms with Crippen LogP contribution in [0.4, 0.5) is 19.1 Å². The zero-order valence-corrected chi connectivity index (χ0v) is 20.0. The van der Waals surface area contributed by atoms with Gasteiger partial charge in [0, 0.05) is 45.0 Å². The van der Waals surface area contributed by atoms with E-state index in [1.54, 1.807) is 7.05 Å². The third-order valence-electron chi connectivity index (χ3n) is 6.03. The van der Waals surface area contributed by atoms with Crippen molar-refractivity contribution in [1.82, 2.24) is 24.1 Å². The summed E-state index contributed by atoms with van der Waals surface area (Å²) in [4.78, 5) is 7.85. The minimum atomic E-state index is -4.75. The Balaban J connectivity index is 1.45. The first kappa shape index (κ1) is 25.6. The Kier molecular flexibility index (Phi) is 6.96. The van der Waals surface area contributed by atoms with E-state index in [1.165, 1.54) is 28.3 Å². The molecule has 35 heavy (non-hydrogen) atoms. The summed E-state index contributed by atoms with van der Waals surface area (Å²) in [6.07, 6.45) is -1.36. The fourth-order valence-corrected chi connectivity index (χ4v) is 5.47. The summed E-state index contributed by atoms with van der Waals surface area (Å²) in [6, 6.07) is -0.258. The number of aliphatic hydroxyl groups is 1. The SMILES string of the molecule is Cn1cc(S(=O)(=O)N2CCC(Nc3ncc(C(F)(F)F)c(O[C@@H]4CCOC[C@]4(C)O)n3)CC2)cn1. The van der Waals surface area contributed by atoms with Gasteiger partial charge in [0.25, 0.3) is 0 Å². The molecule has 2 N–H and O–H groups in total. The predicted molar refractivity (Wildman–Crippen MR) is 116 cm³/mol. The van der Waals surface area contributed by atoms with E-state index in [0.29, 0.717) is 19.0 Å². The Morgan fingerprint density at radius 3 is 2.57 bits per heavy atom. The molecule has 15 heteroatoms. The van der Waals surface area contributed by atoms with Crippen LogP contribution in [-0.2, 0) is 28.0 Å². The molecule has 2 saturated heterocycles. The molecular formula is C20H27F3N6O5S. The number of halogens is 3. The Hall–Kier alpha value is -2.49. The molecule has 0 bridgehead atoms. The molecular weight excluding hydrogens is 493 g/mol. The van der Waals surface area contributed by atoms with Gasteiger partial charge in [0.1, 0.15) is 22.2 Å². The van der Waals surface area contributed by atoms with E-state index < -0.39 is 39.3 Å². The second-order valence-electron chi connectivity index (χ2n) is 8.89. The number of aromatic nitrogens is 4. The second kappa shape index (κ2) is 9.52. The minimum Gasteiger partial charge on any atom is -0.471 e. The normalized spacial score (nSPS) is 24.9. The highest BCUT2D eigenvalue weighted by Gasteiger charge is 2.42. The predicted octanol–water partition coefficient (Wildman–Crippen LogP) is 1.41. The molecule has 0 saturated carbocycles. The lowest BCUT2D eigenvalue weighted by Gasteiger charge is -2.36. The minimum absolute atomic E-state index is 0.0737. The number of ether oxygens (including phenoxy) is 2. The third kappa shape index (κ3) is 5.68. The van der Waals surface area contributed by atoms with Crippen molar-refractivity contribution in [1.29, 1.82) is 0 Å². The fraction of sp³-hybridized carbons (Fsp3) is 0.650. The molecule has 2 aliphatic rings. The monoisotopic (exact) mass is 520 g/mol. The first-order valence-electron chi connectivity index (χ1n) is 11.0. The number of piperidine rings is 1. The molecule has 0 aromatic carbocycles. The van der Waals surface area contributed by atoms with Gasteiger partial charge in [-0.25, -0.2) is 13.4 Å². The van der Waals surface area contributed by atoms with Crippen molar-refractivity contribution in [3.63, 3.8) is 0 Å². The number of hydrogen-bond acceptors (Lipinski definition) is 9. The molecule has 4 heterocycles. The van der Waals surface area contributed by atoms with Gasteiger partial charge in [-0.05, 0) is 19.8 Å². The Morgan fingerprint density at radius 2 is 1.97 bits per heavy atom. The summed E-state index contributed by atoms with van der Waals surface area (Å²) in [5, 5.41) is 17.3. The van der Waals surface area contributed by atoms with Crippen molar-refractivity contribution in [2.45, 2.75) is 55.0 Å². The van der Waals surface area contributed by atoms with Crippen molar-refractivity contribution in [2.75, 3.05) is 31.6 Å². The molecule has 194 valence electrons. The first-order chi connectivity index (χ1) is 16.4. The lowest BCUT2D eigenvalue weighted by atomic mass is 9.95. The van der Waals surface area contributed by atoms with Crippen LogP contribution in [0, 0.1) is 0 Å². The third-order valence-corrected chi connectivity index (χ3v) is 7.88. The largest absolute Gasteiger partial charge is 0.471 e. The van der Waals surface area contributed by atoms with Gasteiger partial charge in [0.15, 0.2) is 0 Å². The topological polar surface area (TPSA) is 132 Å². The van der Waals surface area contributed by atoms with Crippen LogP contribution in [0.2, 0.25) is 0 Å². The van der Waals surface area contributed by atoms with Gasteiger partial charge in [0.2, 0.25) is 21.9 Å². The average Bonchev–Trinajstić information content (AvgIpc) is 3.22. The van der Waals surface area contributed by atoms with E-state index >= 15 is 0 Å². The van der Waals surface area contributed by atoms with Crippen LogP contribution in [0.25, 0.3) is 0 Å². The summed E-state index contributed by atoms with van der Waals surface area (Å²) in [5.74, 6) is -0.757. The summed E-state index contributed by atoms with van der Waals surface area (Å²) in [6.45, 7) is 2.01. The van der Waals surface area contributed by atoms with Crippen LogP contribution in [-0.4, -0.2) is 81.6 Å². The molecule has 2 aromatic rings. The Morgan fingerprint density at radius 1 is 1.26 bits per heavy atom. The zero-order valence-electron chi connectivity index (χ0n) is 19.2. The molecule has 11 nitrogen and oxygen atoms in total. The van der Waals surface area contributed by atoms with E-state index in [4.69, 9.17) is 9.47 Å². The van der Waals surface area contributed by atoms with Gasteiger partial charge in [-0.2, -0.15) is 27.6 Å². The quantitative estimate of drug-likeness (QED) is 0.580. The Bertz CT molecular complexity index is 1150. The van der Waals surface area contributed by atoms with Gasteiger partial charge in [-0.15, -0.1) is 0 Å². The van der Waals surface area contributed by atoms with E-state index in [1.807, 2.05) is 0 Å². The van der Waals surface area contributed by atoms with E-state index in [9.17, 15) is 26.7 Å². The van der Waals surface area contributed by atoms with Gasteiger partial charge in [0.05, 0.1) is 19.4 Å². The molecule has 0 unspecified atom stereocenters.